The van der Waals surface area contributed by atoms with Gasteiger partial charge in [0.05, 0.1) is 6.42 Å². The number of hydrogen-bond acceptors (Lipinski definition) is 4. The zero-order valence-electron chi connectivity index (χ0n) is 10.8. The summed E-state index contributed by atoms with van der Waals surface area (Å²) in [7, 11) is 0. The highest BCUT2D eigenvalue weighted by Gasteiger charge is 2.15. The van der Waals surface area contributed by atoms with E-state index in [-0.39, 0.29) is 11.8 Å². The molecule has 4 heteroatoms. The fourth-order valence-corrected chi connectivity index (χ4v) is 1.17. The molecule has 0 atom stereocenters. The summed E-state index contributed by atoms with van der Waals surface area (Å²) in [5.74, 6) is 0.0144. The monoisotopic (exact) mass is 229 g/mol. The van der Waals surface area contributed by atoms with Gasteiger partial charge in [-0.25, -0.2) is 0 Å². The van der Waals surface area contributed by atoms with Crippen LogP contribution in [0.5, 0.6) is 0 Å². The van der Waals surface area contributed by atoms with Crippen LogP contribution in [0.4, 0.5) is 0 Å². The number of hydrogen-bond donors (Lipinski definition) is 1. The molecule has 0 fully saturated rings. The van der Waals surface area contributed by atoms with E-state index in [9.17, 15) is 9.59 Å². The fourth-order valence-electron chi connectivity index (χ4n) is 1.17. The predicted molar refractivity (Wildman–Crippen MR) is 63.2 cm³/mol. The Morgan fingerprint density at radius 2 is 1.75 bits per heavy atom. The molecule has 0 spiro atoms. The highest BCUT2D eigenvalue weighted by Crippen LogP contribution is 2.07. The number of ether oxygens (including phenoxy) is 1. The van der Waals surface area contributed by atoms with E-state index < -0.39 is 5.60 Å². The molecule has 0 amide bonds. The van der Waals surface area contributed by atoms with E-state index in [1.807, 2.05) is 20.8 Å². The third-order valence-electron chi connectivity index (χ3n) is 1.81. The molecule has 0 radical (unpaired) electrons. The molecule has 0 aromatic carbocycles. The minimum atomic E-state index is -0.411. The van der Waals surface area contributed by atoms with Gasteiger partial charge in [-0.1, -0.05) is 0 Å². The predicted octanol–water partition coefficient (Wildman–Crippen LogP) is 1.68. The lowest BCUT2D eigenvalue weighted by Crippen LogP contribution is -2.27. The van der Waals surface area contributed by atoms with E-state index >= 15 is 0 Å². The molecule has 0 aliphatic carbocycles. The molecule has 0 aromatic heterocycles. The van der Waals surface area contributed by atoms with Crippen LogP contribution in [0.25, 0.3) is 0 Å². The van der Waals surface area contributed by atoms with Crippen LogP contribution in [0.15, 0.2) is 0 Å². The third-order valence-corrected chi connectivity index (χ3v) is 1.81. The van der Waals surface area contributed by atoms with Crippen molar-refractivity contribution < 1.29 is 14.3 Å². The molecule has 0 bridgehead atoms. The van der Waals surface area contributed by atoms with Crippen molar-refractivity contribution in [1.82, 2.24) is 5.32 Å². The van der Waals surface area contributed by atoms with Crippen molar-refractivity contribution in [2.24, 2.45) is 0 Å². The zero-order valence-corrected chi connectivity index (χ0v) is 10.8. The van der Waals surface area contributed by atoms with Crippen LogP contribution in [-0.2, 0) is 14.3 Å². The van der Waals surface area contributed by atoms with Crippen LogP contribution in [0, 0.1) is 0 Å². The Labute approximate surface area is 97.7 Å². The SMILES string of the molecule is CC(=O)CCCNCCC(=O)OC(C)(C)C. The first-order chi connectivity index (χ1) is 7.31. The van der Waals surface area contributed by atoms with Crippen molar-refractivity contribution in [2.75, 3.05) is 13.1 Å². The van der Waals surface area contributed by atoms with Crippen LogP contribution in [0.1, 0.15) is 47.0 Å². The Balaban J connectivity index is 3.38. The Kier molecular flexibility index (Phi) is 6.97. The Morgan fingerprint density at radius 3 is 2.25 bits per heavy atom. The van der Waals surface area contributed by atoms with Crippen molar-refractivity contribution in [3.63, 3.8) is 0 Å². The van der Waals surface area contributed by atoms with Crippen molar-refractivity contribution in [1.29, 1.82) is 0 Å². The standard InChI is InChI=1S/C12H23NO3/c1-10(14)6-5-8-13-9-7-11(15)16-12(2,3)4/h13H,5-9H2,1-4H3. The second-order valence-electron chi connectivity index (χ2n) is 4.89. The van der Waals surface area contributed by atoms with E-state index in [0.717, 1.165) is 13.0 Å². The summed E-state index contributed by atoms with van der Waals surface area (Å²) < 4.78 is 5.15. The number of ketones is 1. The molecule has 0 unspecified atom stereocenters. The van der Waals surface area contributed by atoms with Gasteiger partial charge in [0.25, 0.3) is 0 Å². The maximum absolute atomic E-state index is 11.3. The molecule has 0 saturated carbocycles. The van der Waals surface area contributed by atoms with Gasteiger partial charge in [-0.3, -0.25) is 4.79 Å². The van der Waals surface area contributed by atoms with Crippen LogP contribution in [0.2, 0.25) is 0 Å². The van der Waals surface area contributed by atoms with Gasteiger partial charge in [0.1, 0.15) is 11.4 Å². The molecular weight excluding hydrogens is 206 g/mol. The van der Waals surface area contributed by atoms with E-state index in [1.54, 1.807) is 6.92 Å². The average Bonchev–Trinajstić information content (AvgIpc) is 2.07. The molecule has 4 nitrogen and oxygen atoms in total. The van der Waals surface area contributed by atoms with Crippen LogP contribution in [-0.4, -0.2) is 30.4 Å². The van der Waals surface area contributed by atoms with Gasteiger partial charge in [0.2, 0.25) is 0 Å². The van der Waals surface area contributed by atoms with Crippen molar-refractivity contribution >= 4 is 11.8 Å². The average molecular weight is 229 g/mol. The summed E-state index contributed by atoms with van der Waals surface area (Å²) in [4.78, 5) is 21.9. The summed E-state index contributed by atoms with van der Waals surface area (Å²) in [6, 6.07) is 0. The molecular formula is C12H23NO3. The quantitative estimate of drug-likeness (QED) is 0.533. The Bertz CT molecular complexity index is 231. The molecule has 94 valence electrons. The van der Waals surface area contributed by atoms with Gasteiger partial charge in [-0.15, -0.1) is 0 Å². The minimum absolute atomic E-state index is 0.188. The molecule has 1 N–H and O–H groups in total. The lowest BCUT2D eigenvalue weighted by atomic mass is 10.2. The van der Waals surface area contributed by atoms with E-state index in [1.165, 1.54) is 0 Å². The summed E-state index contributed by atoms with van der Waals surface area (Å²) >= 11 is 0. The molecule has 16 heavy (non-hydrogen) atoms. The first kappa shape index (κ1) is 15.1. The molecule has 0 rings (SSSR count). The van der Waals surface area contributed by atoms with Crippen LogP contribution >= 0.6 is 0 Å². The maximum Gasteiger partial charge on any atom is 0.307 e. The van der Waals surface area contributed by atoms with Gasteiger partial charge < -0.3 is 14.8 Å². The summed E-state index contributed by atoms with van der Waals surface area (Å²) in [6.07, 6.45) is 1.79. The van der Waals surface area contributed by atoms with Gasteiger partial charge in [-0.05, 0) is 40.7 Å². The van der Waals surface area contributed by atoms with E-state index in [0.29, 0.717) is 19.4 Å². The number of carbonyl (C=O) groups excluding carboxylic acids is 2. The number of Topliss-reactive ketones (excluding diaryl/α,β-unsaturated/α-hetero) is 1. The summed E-state index contributed by atoms with van der Waals surface area (Å²) in [5.41, 5.74) is -0.411. The van der Waals surface area contributed by atoms with Crippen molar-refractivity contribution in [2.45, 2.75) is 52.6 Å². The van der Waals surface area contributed by atoms with Gasteiger partial charge >= 0.3 is 5.97 Å². The molecule has 0 saturated heterocycles. The summed E-state index contributed by atoms with van der Waals surface area (Å²) in [5, 5.41) is 3.10. The second-order valence-corrected chi connectivity index (χ2v) is 4.89. The maximum atomic E-state index is 11.3. The second kappa shape index (κ2) is 7.39. The number of rotatable bonds is 7. The number of esters is 1. The topological polar surface area (TPSA) is 55.4 Å². The third kappa shape index (κ3) is 11.2. The van der Waals surface area contributed by atoms with E-state index in [4.69, 9.17) is 4.74 Å². The largest absolute Gasteiger partial charge is 0.460 e. The smallest absolute Gasteiger partial charge is 0.307 e. The van der Waals surface area contributed by atoms with E-state index in [2.05, 4.69) is 5.32 Å². The van der Waals surface area contributed by atoms with Crippen molar-refractivity contribution in [3.8, 4) is 0 Å². The van der Waals surface area contributed by atoms with Gasteiger partial charge in [0, 0.05) is 13.0 Å². The molecule has 0 heterocycles. The normalized spacial score (nSPS) is 11.2. The first-order valence-corrected chi connectivity index (χ1v) is 5.73. The van der Waals surface area contributed by atoms with Gasteiger partial charge in [-0.2, -0.15) is 0 Å². The number of nitrogens with one attached hydrogen (secondary N) is 1. The first-order valence-electron chi connectivity index (χ1n) is 5.73. The van der Waals surface area contributed by atoms with Crippen LogP contribution < -0.4 is 5.32 Å². The Hall–Kier alpha value is -0.900. The molecule has 0 aromatic rings. The fraction of sp³-hybridized carbons (Fsp3) is 0.833. The molecule has 0 aliphatic rings. The van der Waals surface area contributed by atoms with Gasteiger partial charge in [0.15, 0.2) is 0 Å². The summed E-state index contributed by atoms with van der Waals surface area (Å²) in [6.45, 7) is 8.51. The van der Waals surface area contributed by atoms with Crippen LogP contribution in [0.3, 0.4) is 0 Å². The van der Waals surface area contributed by atoms with Crippen molar-refractivity contribution in [3.05, 3.63) is 0 Å². The Morgan fingerprint density at radius 1 is 1.12 bits per heavy atom. The highest BCUT2D eigenvalue weighted by molar-refractivity contribution is 5.75. The minimum Gasteiger partial charge on any atom is -0.460 e. The number of carbonyl (C=O) groups is 2. The molecule has 0 aliphatic heterocycles. The highest BCUT2D eigenvalue weighted by atomic mass is 16.6. The lowest BCUT2D eigenvalue weighted by Gasteiger charge is -2.19. The zero-order chi connectivity index (χ0) is 12.6. The lowest BCUT2D eigenvalue weighted by molar-refractivity contribution is -0.154.